The number of halogens is 1. The Kier molecular flexibility index (Phi) is 7.89. The Bertz CT molecular complexity index is 690. The SMILES string of the molecule is CCOc1ccccc1OCCCC(=O)NCC(O)c1ccc(F)cc1. The van der Waals surface area contributed by atoms with Gasteiger partial charge in [0.05, 0.1) is 19.3 Å². The third-order valence-corrected chi connectivity index (χ3v) is 3.70. The maximum Gasteiger partial charge on any atom is 0.220 e. The van der Waals surface area contributed by atoms with Gasteiger partial charge >= 0.3 is 0 Å². The van der Waals surface area contributed by atoms with Crippen LogP contribution >= 0.6 is 0 Å². The van der Waals surface area contributed by atoms with E-state index in [2.05, 4.69) is 5.32 Å². The minimum atomic E-state index is -0.867. The number of carbonyl (C=O) groups excluding carboxylic acids is 1. The van der Waals surface area contributed by atoms with Crippen molar-refractivity contribution in [1.82, 2.24) is 5.32 Å². The quantitative estimate of drug-likeness (QED) is 0.638. The lowest BCUT2D eigenvalue weighted by Gasteiger charge is -2.13. The second-order valence-electron chi connectivity index (χ2n) is 5.70. The summed E-state index contributed by atoms with van der Waals surface area (Å²) in [7, 11) is 0. The van der Waals surface area contributed by atoms with Crippen molar-refractivity contribution >= 4 is 5.91 Å². The number of rotatable bonds is 10. The first-order chi connectivity index (χ1) is 12.6. The molecular formula is C20H24FNO4. The van der Waals surface area contributed by atoms with Crippen molar-refractivity contribution in [3.63, 3.8) is 0 Å². The van der Waals surface area contributed by atoms with Crippen LogP contribution in [0.2, 0.25) is 0 Å². The molecule has 0 saturated carbocycles. The predicted octanol–water partition coefficient (Wildman–Crippen LogP) is 3.23. The molecular weight excluding hydrogens is 337 g/mol. The summed E-state index contributed by atoms with van der Waals surface area (Å²) in [5.74, 6) is 0.798. The van der Waals surface area contributed by atoms with Gasteiger partial charge in [0.1, 0.15) is 5.82 Å². The summed E-state index contributed by atoms with van der Waals surface area (Å²) >= 11 is 0. The maximum absolute atomic E-state index is 12.9. The van der Waals surface area contributed by atoms with Gasteiger partial charge in [0.25, 0.3) is 0 Å². The highest BCUT2D eigenvalue weighted by molar-refractivity contribution is 5.75. The molecule has 0 spiro atoms. The Morgan fingerprint density at radius 2 is 1.77 bits per heavy atom. The third-order valence-electron chi connectivity index (χ3n) is 3.70. The van der Waals surface area contributed by atoms with Crippen molar-refractivity contribution in [2.75, 3.05) is 19.8 Å². The van der Waals surface area contributed by atoms with Crippen LogP contribution in [-0.2, 0) is 4.79 Å². The summed E-state index contributed by atoms with van der Waals surface area (Å²) < 4.78 is 24.0. The van der Waals surface area contributed by atoms with Gasteiger partial charge in [-0.15, -0.1) is 0 Å². The summed E-state index contributed by atoms with van der Waals surface area (Å²) in [6.07, 6.45) is -0.0415. The van der Waals surface area contributed by atoms with Crippen LogP contribution in [0.15, 0.2) is 48.5 Å². The third kappa shape index (κ3) is 6.37. The zero-order valence-electron chi connectivity index (χ0n) is 14.8. The molecule has 0 saturated heterocycles. The number of nitrogens with one attached hydrogen (secondary N) is 1. The second-order valence-corrected chi connectivity index (χ2v) is 5.70. The summed E-state index contributed by atoms with van der Waals surface area (Å²) in [5.41, 5.74) is 0.558. The van der Waals surface area contributed by atoms with Crippen LogP contribution in [0.5, 0.6) is 11.5 Å². The Morgan fingerprint density at radius 1 is 1.12 bits per heavy atom. The van der Waals surface area contributed by atoms with Gasteiger partial charge in [0, 0.05) is 13.0 Å². The van der Waals surface area contributed by atoms with Crippen LogP contribution in [0.4, 0.5) is 4.39 Å². The number of hydrogen-bond acceptors (Lipinski definition) is 4. The average molecular weight is 361 g/mol. The van der Waals surface area contributed by atoms with Crippen molar-refractivity contribution in [3.05, 3.63) is 59.9 Å². The van der Waals surface area contributed by atoms with Crippen LogP contribution < -0.4 is 14.8 Å². The summed E-state index contributed by atoms with van der Waals surface area (Å²) in [6, 6.07) is 12.9. The molecule has 2 rings (SSSR count). The first-order valence-corrected chi connectivity index (χ1v) is 8.65. The Morgan fingerprint density at radius 3 is 2.42 bits per heavy atom. The van der Waals surface area contributed by atoms with E-state index in [0.29, 0.717) is 36.7 Å². The predicted molar refractivity (Wildman–Crippen MR) is 96.7 cm³/mol. The molecule has 0 aliphatic rings. The molecule has 0 fully saturated rings. The molecule has 0 bridgehead atoms. The summed E-state index contributed by atoms with van der Waals surface area (Å²) in [5, 5.41) is 12.6. The molecule has 2 aromatic carbocycles. The number of hydrogen-bond donors (Lipinski definition) is 2. The fourth-order valence-electron chi connectivity index (χ4n) is 2.36. The number of ether oxygens (including phenoxy) is 2. The lowest BCUT2D eigenvalue weighted by atomic mass is 10.1. The molecule has 2 aromatic rings. The smallest absolute Gasteiger partial charge is 0.220 e. The van der Waals surface area contributed by atoms with Gasteiger partial charge in [0.2, 0.25) is 5.91 Å². The Hall–Kier alpha value is -2.60. The van der Waals surface area contributed by atoms with Gasteiger partial charge in [-0.2, -0.15) is 0 Å². The van der Waals surface area contributed by atoms with E-state index in [9.17, 15) is 14.3 Å². The van der Waals surface area contributed by atoms with Crippen LogP contribution in [0.25, 0.3) is 0 Å². The van der Waals surface area contributed by atoms with Crippen molar-refractivity contribution in [2.45, 2.75) is 25.9 Å². The van der Waals surface area contributed by atoms with Crippen molar-refractivity contribution in [2.24, 2.45) is 0 Å². The van der Waals surface area contributed by atoms with E-state index in [1.54, 1.807) is 0 Å². The molecule has 1 amide bonds. The van der Waals surface area contributed by atoms with Crippen LogP contribution in [0.3, 0.4) is 0 Å². The first-order valence-electron chi connectivity index (χ1n) is 8.65. The van der Waals surface area contributed by atoms with Gasteiger partial charge in [-0.25, -0.2) is 4.39 Å². The van der Waals surface area contributed by atoms with E-state index in [-0.39, 0.29) is 24.7 Å². The molecule has 0 aliphatic heterocycles. The normalized spacial score (nSPS) is 11.7. The largest absolute Gasteiger partial charge is 0.490 e. The fraction of sp³-hybridized carbons (Fsp3) is 0.350. The minimum Gasteiger partial charge on any atom is -0.490 e. The van der Waals surface area contributed by atoms with E-state index < -0.39 is 6.10 Å². The molecule has 5 nitrogen and oxygen atoms in total. The number of benzene rings is 2. The molecule has 0 heterocycles. The monoisotopic (exact) mass is 361 g/mol. The van der Waals surface area contributed by atoms with Crippen molar-refractivity contribution < 1.29 is 23.8 Å². The van der Waals surface area contributed by atoms with E-state index in [4.69, 9.17) is 9.47 Å². The Balaban J connectivity index is 1.67. The van der Waals surface area contributed by atoms with Gasteiger partial charge in [-0.3, -0.25) is 4.79 Å². The molecule has 0 radical (unpaired) electrons. The molecule has 1 unspecified atom stereocenters. The fourth-order valence-corrected chi connectivity index (χ4v) is 2.36. The molecule has 2 N–H and O–H groups in total. The summed E-state index contributed by atoms with van der Waals surface area (Å²) in [4.78, 5) is 11.9. The molecule has 1 atom stereocenters. The van der Waals surface area contributed by atoms with Crippen LogP contribution in [-0.4, -0.2) is 30.8 Å². The lowest BCUT2D eigenvalue weighted by Crippen LogP contribution is -2.28. The van der Waals surface area contributed by atoms with E-state index in [0.717, 1.165) is 0 Å². The number of amides is 1. The number of carbonyl (C=O) groups is 1. The zero-order chi connectivity index (χ0) is 18.8. The van der Waals surface area contributed by atoms with Gasteiger partial charge in [0.15, 0.2) is 11.5 Å². The zero-order valence-corrected chi connectivity index (χ0v) is 14.8. The minimum absolute atomic E-state index is 0.0818. The van der Waals surface area contributed by atoms with Gasteiger partial charge < -0.3 is 19.9 Å². The van der Waals surface area contributed by atoms with Crippen molar-refractivity contribution in [1.29, 1.82) is 0 Å². The molecule has 6 heteroatoms. The van der Waals surface area contributed by atoms with E-state index in [1.165, 1.54) is 24.3 Å². The van der Waals surface area contributed by atoms with Gasteiger partial charge in [-0.1, -0.05) is 24.3 Å². The Labute approximate surface area is 152 Å². The first kappa shape index (κ1) is 19.7. The van der Waals surface area contributed by atoms with Crippen molar-refractivity contribution in [3.8, 4) is 11.5 Å². The van der Waals surface area contributed by atoms with E-state index in [1.807, 2.05) is 31.2 Å². The van der Waals surface area contributed by atoms with E-state index >= 15 is 0 Å². The second kappa shape index (κ2) is 10.4. The molecule has 0 aromatic heterocycles. The summed E-state index contributed by atoms with van der Waals surface area (Å²) in [6.45, 7) is 2.93. The average Bonchev–Trinajstić information content (AvgIpc) is 2.65. The topological polar surface area (TPSA) is 67.8 Å². The standard InChI is InChI=1S/C20H24FNO4/c1-2-25-18-6-3-4-7-19(18)26-13-5-8-20(24)22-14-17(23)15-9-11-16(21)12-10-15/h3-4,6-7,9-12,17,23H,2,5,8,13-14H2,1H3,(H,22,24). The van der Waals surface area contributed by atoms with Crippen LogP contribution in [0.1, 0.15) is 31.4 Å². The number of para-hydroxylation sites is 2. The lowest BCUT2D eigenvalue weighted by molar-refractivity contribution is -0.121. The number of aliphatic hydroxyl groups excluding tert-OH is 1. The van der Waals surface area contributed by atoms with Crippen LogP contribution in [0, 0.1) is 5.82 Å². The number of aliphatic hydroxyl groups is 1. The maximum atomic E-state index is 12.9. The molecule has 140 valence electrons. The molecule has 26 heavy (non-hydrogen) atoms. The highest BCUT2D eigenvalue weighted by Gasteiger charge is 2.10. The highest BCUT2D eigenvalue weighted by atomic mass is 19.1. The highest BCUT2D eigenvalue weighted by Crippen LogP contribution is 2.26. The van der Waals surface area contributed by atoms with Gasteiger partial charge in [-0.05, 0) is 43.2 Å². The molecule has 0 aliphatic carbocycles.